The van der Waals surface area contributed by atoms with E-state index in [0.717, 1.165) is 31.5 Å². The molecule has 3 rings (SSSR count). The van der Waals surface area contributed by atoms with Crippen molar-refractivity contribution in [1.82, 2.24) is 15.5 Å². The summed E-state index contributed by atoms with van der Waals surface area (Å²) in [6.07, 6.45) is 1.82. The molecule has 0 spiro atoms. The smallest absolute Gasteiger partial charge is 0.317 e. The van der Waals surface area contributed by atoms with Gasteiger partial charge < -0.3 is 15.5 Å². The number of piperidine rings is 1. The van der Waals surface area contributed by atoms with Gasteiger partial charge in [0.1, 0.15) is 0 Å². The molecular weight excluding hydrogens is 370 g/mol. The van der Waals surface area contributed by atoms with E-state index in [-0.39, 0.29) is 17.5 Å². The van der Waals surface area contributed by atoms with Crippen molar-refractivity contribution in [1.29, 1.82) is 0 Å². The SMILES string of the molecule is CC(C)(C)NC(=O)N1CCC(CNC(=O)c2ccc(-c3ccsc3)cc2)CC1. The molecule has 5 nitrogen and oxygen atoms in total. The quantitative estimate of drug-likeness (QED) is 0.802. The second kappa shape index (κ2) is 8.78. The van der Waals surface area contributed by atoms with E-state index in [1.807, 2.05) is 55.3 Å². The van der Waals surface area contributed by atoms with E-state index in [1.54, 1.807) is 11.3 Å². The Morgan fingerprint density at radius 1 is 1.07 bits per heavy atom. The average Bonchev–Trinajstić information content (AvgIpc) is 3.20. The van der Waals surface area contributed by atoms with E-state index in [9.17, 15) is 9.59 Å². The van der Waals surface area contributed by atoms with Crippen LogP contribution in [0.1, 0.15) is 44.0 Å². The van der Waals surface area contributed by atoms with Gasteiger partial charge in [0.25, 0.3) is 5.91 Å². The third-order valence-electron chi connectivity index (χ3n) is 4.94. The van der Waals surface area contributed by atoms with Crippen molar-refractivity contribution >= 4 is 23.3 Å². The number of carbonyl (C=O) groups excluding carboxylic acids is 2. The molecule has 150 valence electrons. The normalized spacial score (nSPS) is 15.3. The van der Waals surface area contributed by atoms with Gasteiger partial charge in [0.2, 0.25) is 0 Å². The molecule has 1 aliphatic rings. The fourth-order valence-corrected chi connectivity index (χ4v) is 3.99. The lowest BCUT2D eigenvalue weighted by molar-refractivity contribution is 0.0937. The maximum absolute atomic E-state index is 12.4. The van der Waals surface area contributed by atoms with E-state index in [2.05, 4.69) is 22.1 Å². The summed E-state index contributed by atoms with van der Waals surface area (Å²) < 4.78 is 0. The van der Waals surface area contributed by atoms with Crippen LogP contribution in [0, 0.1) is 5.92 Å². The number of amides is 3. The van der Waals surface area contributed by atoms with E-state index in [4.69, 9.17) is 0 Å². The minimum absolute atomic E-state index is 0.000646. The van der Waals surface area contributed by atoms with Gasteiger partial charge in [-0.05, 0) is 79.6 Å². The standard InChI is InChI=1S/C22H29N3O2S/c1-22(2,3)24-21(27)25-11-8-16(9-12-25)14-23-20(26)18-6-4-17(5-7-18)19-10-13-28-15-19/h4-7,10,13,15-16H,8-9,11-12,14H2,1-3H3,(H,23,26)(H,24,27). The molecule has 1 fully saturated rings. The first-order valence-corrected chi connectivity index (χ1v) is 10.7. The Balaban J connectivity index is 1.44. The van der Waals surface area contributed by atoms with Crippen LogP contribution in [0.25, 0.3) is 11.1 Å². The zero-order valence-electron chi connectivity index (χ0n) is 16.8. The minimum Gasteiger partial charge on any atom is -0.352 e. The number of carbonyl (C=O) groups is 2. The number of hydrogen-bond donors (Lipinski definition) is 2. The monoisotopic (exact) mass is 399 g/mol. The van der Waals surface area contributed by atoms with Crippen LogP contribution in [0.3, 0.4) is 0 Å². The van der Waals surface area contributed by atoms with Gasteiger partial charge in [-0.2, -0.15) is 11.3 Å². The number of benzene rings is 1. The molecule has 3 amide bonds. The lowest BCUT2D eigenvalue weighted by atomic mass is 9.96. The van der Waals surface area contributed by atoms with Crippen LogP contribution >= 0.6 is 11.3 Å². The number of urea groups is 1. The first-order chi connectivity index (χ1) is 13.3. The molecule has 0 unspecified atom stereocenters. The maximum Gasteiger partial charge on any atom is 0.317 e. The van der Waals surface area contributed by atoms with Gasteiger partial charge in [-0.3, -0.25) is 4.79 Å². The van der Waals surface area contributed by atoms with Crippen LogP contribution in [0.15, 0.2) is 41.1 Å². The maximum atomic E-state index is 12.4. The second-order valence-electron chi connectivity index (χ2n) is 8.41. The Labute approximate surface area is 171 Å². The van der Waals surface area contributed by atoms with Crippen molar-refractivity contribution in [3.05, 3.63) is 46.7 Å². The molecule has 2 heterocycles. The Bertz CT molecular complexity index is 786. The minimum atomic E-state index is -0.221. The van der Waals surface area contributed by atoms with Crippen molar-refractivity contribution in [3.8, 4) is 11.1 Å². The predicted molar refractivity (Wildman–Crippen MR) is 115 cm³/mol. The van der Waals surface area contributed by atoms with E-state index >= 15 is 0 Å². The highest BCUT2D eigenvalue weighted by atomic mass is 32.1. The molecule has 0 aliphatic carbocycles. The molecule has 0 radical (unpaired) electrons. The van der Waals surface area contributed by atoms with Crippen LogP contribution in [-0.4, -0.2) is 42.0 Å². The van der Waals surface area contributed by atoms with Gasteiger partial charge in [0, 0.05) is 30.7 Å². The largest absolute Gasteiger partial charge is 0.352 e. The van der Waals surface area contributed by atoms with Crippen LogP contribution in [0.4, 0.5) is 4.79 Å². The third kappa shape index (κ3) is 5.58. The summed E-state index contributed by atoms with van der Waals surface area (Å²) in [5.41, 5.74) is 2.76. The Kier molecular flexibility index (Phi) is 6.39. The summed E-state index contributed by atoms with van der Waals surface area (Å²) in [5.74, 6) is 0.373. The van der Waals surface area contributed by atoms with Gasteiger partial charge >= 0.3 is 6.03 Å². The summed E-state index contributed by atoms with van der Waals surface area (Å²) in [6, 6.07) is 9.81. The molecule has 6 heteroatoms. The highest BCUT2D eigenvalue weighted by Gasteiger charge is 2.25. The van der Waals surface area contributed by atoms with Gasteiger partial charge in [-0.1, -0.05) is 12.1 Å². The van der Waals surface area contributed by atoms with Crippen molar-refractivity contribution in [3.63, 3.8) is 0 Å². The first-order valence-electron chi connectivity index (χ1n) is 9.80. The summed E-state index contributed by atoms with van der Waals surface area (Å²) in [5, 5.41) is 10.2. The lowest BCUT2D eigenvalue weighted by Crippen LogP contribution is -2.51. The van der Waals surface area contributed by atoms with Crippen LogP contribution < -0.4 is 10.6 Å². The van der Waals surface area contributed by atoms with Gasteiger partial charge in [-0.25, -0.2) is 4.79 Å². The Morgan fingerprint density at radius 3 is 2.32 bits per heavy atom. The molecule has 1 aromatic carbocycles. The summed E-state index contributed by atoms with van der Waals surface area (Å²) >= 11 is 1.67. The van der Waals surface area contributed by atoms with Crippen LogP contribution in [0.5, 0.6) is 0 Å². The molecule has 1 aliphatic heterocycles. The van der Waals surface area contributed by atoms with Gasteiger partial charge in [0.15, 0.2) is 0 Å². The molecule has 0 atom stereocenters. The number of hydrogen-bond acceptors (Lipinski definition) is 3. The number of nitrogens with one attached hydrogen (secondary N) is 2. The fraction of sp³-hybridized carbons (Fsp3) is 0.455. The Hall–Kier alpha value is -2.34. The zero-order chi connectivity index (χ0) is 20.1. The van der Waals surface area contributed by atoms with Crippen LogP contribution in [-0.2, 0) is 0 Å². The predicted octanol–water partition coefficient (Wildman–Crippen LogP) is 4.37. The van der Waals surface area contributed by atoms with Crippen molar-refractivity contribution in [2.45, 2.75) is 39.2 Å². The molecule has 0 bridgehead atoms. The van der Waals surface area contributed by atoms with Gasteiger partial charge in [0.05, 0.1) is 0 Å². The number of rotatable bonds is 4. The molecule has 1 aromatic heterocycles. The highest BCUT2D eigenvalue weighted by Crippen LogP contribution is 2.22. The summed E-state index contributed by atoms with van der Waals surface area (Å²) in [7, 11) is 0. The Morgan fingerprint density at radius 2 is 1.75 bits per heavy atom. The molecule has 28 heavy (non-hydrogen) atoms. The molecule has 2 aromatic rings. The molecule has 2 N–H and O–H groups in total. The third-order valence-corrected chi connectivity index (χ3v) is 5.62. The van der Waals surface area contributed by atoms with Crippen LogP contribution in [0.2, 0.25) is 0 Å². The topological polar surface area (TPSA) is 61.4 Å². The van der Waals surface area contributed by atoms with Gasteiger partial charge in [-0.15, -0.1) is 0 Å². The first kappa shape index (κ1) is 20.4. The van der Waals surface area contributed by atoms with E-state index < -0.39 is 0 Å². The van der Waals surface area contributed by atoms with E-state index in [0.29, 0.717) is 18.0 Å². The van der Waals surface area contributed by atoms with Crippen molar-refractivity contribution in [2.75, 3.05) is 19.6 Å². The molecule has 1 saturated heterocycles. The number of nitrogens with zero attached hydrogens (tertiary/aromatic N) is 1. The van der Waals surface area contributed by atoms with Crippen molar-refractivity contribution < 1.29 is 9.59 Å². The summed E-state index contributed by atoms with van der Waals surface area (Å²) in [4.78, 5) is 26.5. The highest BCUT2D eigenvalue weighted by molar-refractivity contribution is 7.08. The molecular formula is C22H29N3O2S. The second-order valence-corrected chi connectivity index (χ2v) is 9.19. The van der Waals surface area contributed by atoms with E-state index in [1.165, 1.54) is 5.56 Å². The average molecular weight is 400 g/mol. The summed E-state index contributed by atoms with van der Waals surface area (Å²) in [6.45, 7) is 8.08. The lowest BCUT2D eigenvalue weighted by Gasteiger charge is -2.34. The van der Waals surface area contributed by atoms with Crippen molar-refractivity contribution in [2.24, 2.45) is 5.92 Å². The zero-order valence-corrected chi connectivity index (χ0v) is 17.6. The number of thiophene rings is 1. The molecule has 0 saturated carbocycles. The number of likely N-dealkylation sites (tertiary alicyclic amines) is 1. The fourth-order valence-electron chi connectivity index (χ4n) is 3.32.